The van der Waals surface area contributed by atoms with Crippen LogP contribution in [0.3, 0.4) is 0 Å². The average Bonchev–Trinajstić information content (AvgIpc) is 2.89. The van der Waals surface area contributed by atoms with E-state index in [0.717, 1.165) is 79.0 Å². The summed E-state index contributed by atoms with van der Waals surface area (Å²) in [7, 11) is 0. The molecule has 0 spiro atoms. The van der Waals surface area contributed by atoms with Crippen molar-refractivity contribution >= 4 is 27.8 Å². The van der Waals surface area contributed by atoms with Crippen molar-refractivity contribution in [2.45, 2.75) is 102 Å². The van der Waals surface area contributed by atoms with Crippen LogP contribution in [0.15, 0.2) is 29.2 Å². The SMILES string of the molecule is CCCCNc1ncc2c3ccc(CNC4CCCCC4)cc3c(=O)n([C@H]3CC[C@H](N)CC3)c2n1. The lowest BCUT2D eigenvalue weighted by atomic mass is 9.91. The zero-order valence-corrected chi connectivity index (χ0v) is 21.1. The van der Waals surface area contributed by atoms with Crippen molar-refractivity contribution in [3.63, 3.8) is 0 Å². The van der Waals surface area contributed by atoms with Gasteiger partial charge in [-0.2, -0.15) is 4.98 Å². The molecule has 2 heterocycles. The summed E-state index contributed by atoms with van der Waals surface area (Å²) in [5.41, 5.74) is 8.16. The molecule has 2 saturated carbocycles. The Morgan fingerprint density at radius 3 is 2.60 bits per heavy atom. The molecule has 0 radical (unpaired) electrons. The Morgan fingerprint density at radius 1 is 1.03 bits per heavy atom. The van der Waals surface area contributed by atoms with E-state index >= 15 is 0 Å². The van der Waals surface area contributed by atoms with Crippen LogP contribution in [0, 0.1) is 0 Å². The van der Waals surface area contributed by atoms with Crippen molar-refractivity contribution in [2.75, 3.05) is 11.9 Å². The van der Waals surface area contributed by atoms with Gasteiger partial charge in [0.15, 0.2) is 0 Å². The molecular formula is C28H40N6O. The second-order valence-corrected chi connectivity index (χ2v) is 10.6. The van der Waals surface area contributed by atoms with Crippen LogP contribution in [-0.2, 0) is 6.54 Å². The molecule has 0 saturated heterocycles. The molecule has 0 unspecified atom stereocenters. The number of hydrogen-bond donors (Lipinski definition) is 3. The zero-order valence-electron chi connectivity index (χ0n) is 21.1. The first-order valence-electron chi connectivity index (χ1n) is 13.7. The van der Waals surface area contributed by atoms with Crippen LogP contribution in [0.1, 0.15) is 89.2 Å². The Bertz CT molecular complexity index is 1210. The van der Waals surface area contributed by atoms with Crippen molar-refractivity contribution in [1.82, 2.24) is 19.9 Å². The third-order valence-electron chi connectivity index (χ3n) is 7.94. The van der Waals surface area contributed by atoms with Crippen molar-refractivity contribution in [3.05, 3.63) is 40.3 Å². The van der Waals surface area contributed by atoms with E-state index in [2.05, 4.69) is 40.7 Å². The standard InChI is InChI=1S/C28H40N6O/c1-2-3-15-30-28-32-18-25-23-14-9-19(17-31-21-7-5-4-6-8-21)16-24(23)27(35)34(26(25)33-28)22-12-10-20(29)11-13-22/h9,14,16,18,20-22,31H,2-8,10-13,15,17,29H2,1H3,(H,30,32,33)/t20-,22-. The number of benzene rings is 1. The van der Waals surface area contributed by atoms with Crippen LogP contribution in [0.2, 0.25) is 0 Å². The quantitative estimate of drug-likeness (QED) is 0.312. The van der Waals surface area contributed by atoms with Gasteiger partial charge < -0.3 is 16.4 Å². The minimum atomic E-state index is 0.0608. The van der Waals surface area contributed by atoms with Gasteiger partial charge in [-0.25, -0.2) is 4.98 Å². The predicted molar refractivity (Wildman–Crippen MR) is 144 cm³/mol. The first kappa shape index (κ1) is 24.2. The highest BCUT2D eigenvalue weighted by Crippen LogP contribution is 2.31. The molecule has 2 aliphatic carbocycles. The highest BCUT2D eigenvalue weighted by molar-refractivity contribution is 6.04. The molecule has 5 rings (SSSR count). The molecule has 188 valence electrons. The van der Waals surface area contributed by atoms with E-state index in [-0.39, 0.29) is 17.6 Å². The summed E-state index contributed by atoms with van der Waals surface area (Å²) in [4.78, 5) is 23.5. The van der Waals surface area contributed by atoms with E-state index in [1.54, 1.807) is 0 Å². The first-order valence-corrected chi connectivity index (χ1v) is 13.7. The van der Waals surface area contributed by atoms with Gasteiger partial charge in [-0.3, -0.25) is 9.36 Å². The summed E-state index contributed by atoms with van der Waals surface area (Å²) in [6.07, 6.45) is 14.2. The molecule has 35 heavy (non-hydrogen) atoms. The number of hydrogen-bond acceptors (Lipinski definition) is 6. The van der Waals surface area contributed by atoms with Gasteiger partial charge in [0.2, 0.25) is 5.95 Å². The fourth-order valence-electron chi connectivity index (χ4n) is 5.82. The maximum absolute atomic E-state index is 14.0. The molecular weight excluding hydrogens is 436 g/mol. The molecule has 7 nitrogen and oxygen atoms in total. The predicted octanol–water partition coefficient (Wildman–Crippen LogP) is 5.02. The van der Waals surface area contributed by atoms with Crippen LogP contribution in [0.5, 0.6) is 0 Å². The number of nitrogens with zero attached hydrogens (tertiary/aromatic N) is 3. The van der Waals surface area contributed by atoms with Crippen molar-refractivity contribution in [3.8, 4) is 0 Å². The lowest BCUT2D eigenvalue weighted by Crippen LogP contribution is -2.33. The first-order chi connectivity index (χ1) is 17.1. The summed E-state index contributed by atoms with van der Waals surface area (Å²) < 4.78 is 1.95. The third kappa shape index (κ3) is 5.36. The number of rotatable bonds is 8. The van der Waals surface area contributed by atoms with Crippen LogP contribution in [0.4, 0.5) is 5.95 Å². The molecule has 7 heteroatoms. The van der Waals surface area contributed by atoms with Gasteiger partial charge in [-0.05, 0) is 62.0 Å². The molecule has 2 aliphatic rings. The molecule has 2 aromatic heterocycles. The summed E-state index contributed by atoms with van der Waals surface area (Å²) in [6.45, 7) is 3.79. The van der Waals surface area contributed by atoms with Gasteiger partial charge in [0.25, 0.3) is 5.56 Å². The monoisotopic (exact) mass is 476 g/mol. The van der Waals surface area contributed by atoms with Crippen molar-refractivity contribution in [1.29, 1.82) is 0 Å². The van der Waals surface area contributed by atoms with Gasteiger partial charge >= 0.3 is 0 Å². The van der Waals surface area contributed by atoms with Crippen LogP contribution in [-0.4, -0.2) is 33.2 Å². The Morgan fingerprint density at radius 2 is 1.83 bits per heavy atom. The highest BCUT2D eigenvalue weighted by Gasteiger charge is 2.25. The van der Waals surface area contributed by atoms with Crippen LogP contribution in [0.25, 0.3) is 21.8 Å². The van der Waals surface area contributed by atoms with Gasteiger partial charge in [-0.15, -0.1) is 0 Å². The number of anilines is 1. The number of fused-ring (bicyclic) bond motifs is 3. The van der Waals surface area contributed by atoms with E-state index in [1.165, 1.54) is 32.1 Å². The summed E-state index contributed by atoms with van der Waals surface area (Å²) in [5, 5.41) is 9.71. The molecule has 2 fully saturated rings. The third-order valence-corrected chi connectivity index (χ3v) is 7.94. The number of pyridine rings is 1. The molecule has 0 atom stereocenters. The molecule has 0 aliphatic heterocycles. The van der Waals surface area contributed by atoms with E-state index in [0.29, 0.717) is 12.0 Å². The lowest BCUT2D eigenvalue weighted by molar-refractivity contribution is 0.324. The minimum Gasteiger partial charge on any atom is -0.354 e. The average molecular weight is 477 g/mol. The molecule has 3 aromatic rings. The Kier molecular flexibility index (Phi) is 7.63. The van der Waals surface area contributed by atoms with Crippen LogP contribution >= 0.6 is 0 Å². The second-order valence-electron chi connectivity index (χ2n) is 10.6. The lowest BCUT2D eigenvalue weighted by Gasteiger charge is -2.29. The maximum atomic E-state index is 14.0. The number of nitrogens with one attached hydrogen (secondary N) is 2. The number of nitrogens with two attached hydrogens (primary N) is 1. The second kappa shape index (κ2) is 11.0. The van der Waals surface area contributed by atoms with E-state index < -0.39 is 0 Å². The molecule has 0 bridgehead atoms. The zero-order chi connectivity index (χ0) is 24.2. The van der Waals surface area contributed by atoms with Gasteiger partial charge in [-0.1, -0.05) is 44.7 Å². The van der Waals surface area contributed by atoms with E-state index in [4.69, 9.17) is 10.7 Å². The topological polar surface area (TPSA) is 97.9 Å². The summed E-state index contributed by atoms with van der Waals surface area (Å²) in [6, 6.07) is 7.26. The van der Waals surface area contributed by atoms with Crippen molar-refractivity contribution in [2.24, 2.45) is 5.73 Å². The largest absolute Gasteiger partial charge is 0.354 e. The summed E-state index contributed by atoms with van der Waals surface area (Å²) in [5.74, 6) is 0.597. The van der Waals surface area contributed by atoms with E-state index in [1.807, 2.05) is 10.8 Å². The van der Waals surface area contributed by atoms with Gasteiger partial charge in [0.05, 0.1) is 0 Å². The number of aromatic nitrogens is 3. The summed E-state index contributed by atoms with van der Waals surface area (Å²) >= 11 is 0. The van der Waals surface area contributed by atoms with Gasteiger partial charge in [0.1, 0.15) is 5.65 Å². The minimum absolute atomic E-state index is 0.0608. The molecule has 4 N–H and O–H groups in total. The Hall–Kier alpha value is -2.51. The van der Waals surface area contributed by atoms with Crippen molar-refractivity contribution < 1.29 is 0 Å². The fourth-order valence-corrected chi connectivity index (χ4v) is 5.82. The Balaban J connectivity index is 1.54. The maximum Gasteiger partial charge on any atom is 0.260 e. The smallest absolute Gasteiger partial charge is 0.260 e. The van der Waals surface area contributed by atoms with E-state index in [9.17, 15) is 4.79 Å². The molecule has 0 amide bonds. The normalized spacial score (nSPS) is 21.5. The van der Waals surface area contributed by atoms with Gasteiger partial charge in [0, 0.05) is 48.2 Å². The molecule has 1 aromatic carbocycles. The van der Waals surface area contributed by atoms with Crippen LogP contribution < -0.4 is 21.9 Å². The number of unbranched alkanes of at least 4 members (excludes halogenated alkanes) is 1. The highest BCUT2D eigenvalue weighted by atomic mass is 16.1. The Labute approximate surface area is 207 Å². The fraction of sp³-hybridized carbons (Fsp3) is 0.607.